The molecule has 0 aliphatic carbocycles. The molecule has 0 spiro atoms. The van der Waals surface area contributed by atoms with Gasteiger partial charge in [0.25, 0.3) is 0 Å². The topological polar surface area (TPSA) is 73.6 Å². The highest BCUT2D eigenvalue weighted by Gasteiger charge is 1.94. The van der Waals surface area contributed by atoms with E-state index in [0.717, 1.165) is 0 Å². The van der Waals surface area contributed by atoms with E-state index in [1.807, 2.05) is 0 Å². The van der Waals surface area contributed by atoms with E-state index in [9.17, 15) is 4.79 Å². The van der Waals surface area contributed by atoms with Gasteiger partial charge >= 0.3 is 0 Å². The number of carbonyl (C=O) groups excluding carboxylic acids is 1. The van der Waals surface area contributed by atoms with Crippen LogP contribution in [0.4, 0.5) is 0 Å². The van der Waals surface area contributed by atoms with E-state index < -0.39 is 0 Å². The second-order valence-corrected chi connectivity index (χ2v) is 2.20. The van der Waals surface area contributed by atoms with Gasteiger partial charge in [0.1, 0.15) is 6.73 Å². The highest BCUT2D eigenvalue weighted by Crippen LogP contribution is 1.76. The second kappa shape index (κ2) is 8.79. The van der Waals surface area contributed by atoms with Crippen molar-refractivity contribution in [2.75, 3.05) is 32.4 Å². The summed E-state index contributed by atoms with van der Waals surface area (Å²) < 4.78 is 9.75. The summed E-state index contributed by atoms with van der Waals surface area (Å²) in [5.74, 6) is 0.0147. The van der Waals surface area contributed by atoms with Gasteiger partial charge in [0.05, 0.1) is 25.7 Å². The second-order valence-electron chi connectivity index (χ2n) is 1.89. The van der Waals surface area contributed by atoms with Crippen LogP contribution in [0.2, 0.25) is 0 Å². The molecule has 0 fully saturated rings. The maximum Gasteiger partial charge on any atom is 0.231 e. The van der Waals surface area contributed by atoms with E-state index >= 15 is 0 Å². The Morgan fingerprint density at radius 2 is 2.08 bits per heavy atom. The molecule has 0 aromatic rings. The van der Waals surface area contributed by atoms with Gasteiger partial charge in [0.15, 0.2) is 0 Å². The van der Waals surface area contributed by atoms with E-state index in [2.05, 4.69) is 17.9 Å². The lowest BCUT2D eigenvalue weighted by molar-refractivity contribution is -0.120. The summed E-state index contributed by atoms with van der Waals surface area (Å²) in [6, 6.07) is 0. The first kappa shape index (κ1) is 11.7. The molecule has 0 rings (SSSR count). The summed E-state index contributed by atoms with van der Waals surface area (Å²) in [5, 5.41) is 2.48. The van der Waals surface area contributed by atoms with Gasteiger partial charge < -0.3 is 20.5 Å². The highest BCUT2D eigenvalue weighted by atomic mass is 32.1. The van der Waals surface area contributed by atoms with Crippen LogP contribution in [0.25, 0.3) is 0 Å². The first-order chi connectivity index (χ1) is 5.81. The minimum atomic E-state index is -0.155. The number of amides is 1. The van der Waals surface area contributed by atoms with Crippen LogP contribution < -0.4 is 11.1 Å². The van der Waals surface area contributed by atoms with Crippen LogP contribution in [-0.2, 0) is 14.3 Å². The number of nitrogens with two attached hydrogens (primary N) is 1. The highest BCUT2D eigenvalue weighted by molar-refractivity contribution is 7.81. The largest absolute Gasteiger partial charge is 0.364 e. The van der Waals surface area contributed by atoms with E-state index in [1.54, 1.807) is 0 Å². The molecule has 6 heteroatoms. The third-order valence-electron chi connectivity index (χ3n) is 1.00. The zero-order valence-electron chi connectivity index (χ0n) is 6.78. The molecule has 0 saturated heterocycles. The quantitative estimate of drug-likeness (QED) is 0.274. The molecule has 0 aliphatic rings. The first-order valence-electron chi connectivity index (χ1n) is 3.54. The number of hydrogen-bond donors (Lipinski definition) is 3. The lowest BCUT2D eigenvalue weighted by Crippen LogP contribution is -2.27. The lowest BCUT2D eigenvalue weighted by atomic mass is 10.7. The summed E-state index contributed by atoms with van der Waals surface area (Å²) in [5.41, 5.74) is 5.06. The van der Waals surface area contributed by atoms with E-state index in [1.165, 1.54) is 0 Å². The normalized spacial score (nSPS) is 9.83. The van der Waals surface area contributed by atoms with Gasteiger partial charge in [-0.2, -0.15) is 12.6 Å². The maximum absolute atomic E-state index is 10.6. The van der Waals surface area contributed by atoms with E-state index in [-0.39, 0.29) is 25.1 Å². The molecule has 0 saturated carbocycles. The molecule has 0 aromatic heterocycles. The molecule has 1 amide bonds. The number of nitrogens with one attached hydrogen (secondary N) is 1. The van der Waals surface area contributed by atoms with Crippen molar-refractivity contribution in [1.29, 1.82) is 0 Å². The van der Waals surface area contributed by atoms with Gasteiger partial charge in [-0.15, -0.1) is 0 Å². The summed E-state index contributed by atoms with van der Waals surface area (Å²) >= 11 is 3.77. The molecule has 0 unspecified atom stereocenters. The molecule has 12 heavy (non-hydrogen) atoms. The molecule has 0 heterocycles. The number of rotatable bonds is 7. The van der Waals surface area contributed by atoms with Crippen LogP contribution in [0, 0.1) is 0 Å². The van der Waals surface area contributed by atoms with Gasteiger partial charge in [-0.3, -0.25) is 4.79 Å². The number of ether oxygens (including phenoxy) is 2. The Morgan fingerprint density at radius 3 is 2.67 bits per heavy atom. The Kier molecular flexibility index (Phi) is 8.57. The molecule has 0 bridgehead atoms. The first-order valence-corrected chi connectivity index (χ1v) is 4.17. The van der Waals surface area contributed by atoms with Gasteiger partial charge in [-0.1, -0.05) is 0 Å². The van der Waals surface area contributed by atoms with Crippen molar-refractivity contribution in [1.82, 2.24) is 5.32 Å². The van der Waals surface area contributed by atoms with Gasteiger partial charge in [0, 0.05) is 0 Å². The van der Waals surface area contributed by atoms with Crippen molar-refractivity contribution < 1.29 is 14.3 Å². The van der Waals surface area contributed by atoms with Crippen molar-refractivity contribution >= 4 is 18.5 Å². The van der Waals surface area contributed by atoms with Gasteiger partial charge in [-0.25, -0.2) is 0 Å². The monoisotopic (exact) mass is 194 g/mol. The van der Waals surface area contributed by atoms with Crippen LogP contribution in [0.15, 0.2) is 0 Å². The van der Waals surface area contributed by atoms with Crippen LogP contribution in [-0.4, -0.2) is 38.3 Å². The number of thiol groups is 1. The van der Waals surface area contributed by atoms with E-state index in [0.29, 0.717) is 13.2 Å². The molecular weight excluding hydrogens is 180 g/mol. The van der Waals surface area contributed by atoms with Crippen molar-refractivity contribution in [2.45, 2.75) is 0 Å². The standard InChI is InChI=1S/C6H14N2O3S/c7-4-10-1-2-11-5-8-6(9)3-12/h12H,1-5,7H2,(H,8,9). The fourth-order valence-corrected chi connectivity index (χ4v) is 0.573. The molecule has 0 aliphatic heterocycles. The van der Waals surface area contributed by atoms with Crippen LogP contribution >= 0.6 is 12.6 Å². The SMILES string of the molecule is NCOCCOCNC(=O)CS. The van der Waals surface area contributed by atoms with Crippen molar-refractivity contribution in [3.05, 3.63) is 0 Å². The minimum absolute atomic E-state index is 0.155. The third kappa shape index (κ3) is 7.80. The minimum Gasteiger partial charge on any atom is -0.364 e. The molecule has 5 nitrogen and oxygen atoms in total. The number of carbonyl (C=O) groups is 1. The Balaban J connectivity index is 2.95. The predicted octanol–water partition coefficient (Wildman–Crippen LogP) is -1.06. The smallest absolute Gasteiger partial charge is 0.231 e. The van der Waals surface area contributed by atoms with Crippen molar-refractivity contribution in [2.24, 2.45) is 5.73 Å². The van der Waals surface area contributed by atoms with Gasteiger partial charge in [0.2, 0.25) is 5.91 Å². The molecular formula is C6H14N2O3S. The summed E-state index contributed by atoms with van der Waals surface area (Å²) in [6.07, 6.45) is 0. The number of hydrogen-bond acceptors (Lipinski definition) is 5. The molecule has 72 valence electrons. The lowest BCUT2D eigenvalue weighted by Gasteiger charge is -2.04. The zero-order valence-corrected chi connectivity index (χ0v) is 7.68. The Labute approximate surface area is 77.0 Å². The van der Waals surface area contributed by atoms with Crippen LogP contribution in [0.3, 0.4) is 0 Å². The van der Waals surface area contributed by atoms with Crippen molar-refractivity contribution in [3.8, 4) is 0 Å². The Bertz CT molecular complexity index is 123. The van der Waals surface area contributed by atoms with Crippen LogP contribution in [0.1, 0.15) is 0 Å². The maximum atomic E-state index is 10.6. The fraction of sp³-hybridized carbons (Fsp3) is 0.833. The van der Waals surface area contributed by atoms with Gasteiger partial charge in [-0.05, 0) is 0 Å². The Morgan fingerprint density at radius 1 is 1.42 bits per heavy atom. The molecule has 0 atom stereocenters. The average molecular weight is 194 g/mol. The average Bonchev–Trinajstić information content (AvgIpc) is 2.10. The Hall–Kier alpha value is -0.300. The van der Waals surface area contributed by atoms with Crippen LogP contribution in [0.5, 0.6) is 0 Å². The fourth-order valence-electron chi connectivity index (χ4n) is 0.461. The van der Waals surface area contributed by atoms with E-state index in [4.69, 9.17) is 15.2 Å². The molecule has 3 N–H and O–H groups in total. The summed E-state index contributed by atoms with van der Waals surface area (Å²) in [7, 11) is 0. The molecule has 0 aromatic carbocycles. The van der Waals surface area contributed by atoms with Crippen molar-refractivity contribution in [3.63, 3.8) is 0 Å². The molecule has 0 radical (unpaired) electrons. The summed E-state index contributed by atoms with van der Waals surface area (Å²) in [6.45, 7) is 1.23. The zero-order chi connectivity index (χ0) is 9.23. The third-order valence-corrected chi connectivity index (χ3v) is 1.29. The predicted molar refractivity (Wildman–Crippen MR) is 47.8 cm³/mol. The summed E-state index contributed by atoms with van der Waals surface area (Å²) in [4.78, 5) is 10.6.